The molecular weight excluding hydrogens is 526 g/mol. The summed E-state index contributed by atoms with van der Waals surface area (Å²) in [6.45, 7) is 3.65. The van der Waals surface area contributed by atoms with Crippen LogP contribution in [0.3, 0.4) is 0 Å². The highest BCUT2D eigenvalue weighted by Gasteiger charge is 2.28. The van der Waals surface area contributed by atoms with Crippen LogP contribution in [0.5, 0.6) is 0 Å². The molecule has 3 unspecified atom stereocenters. The molecule has 40 heavy (non-hydrogen) atoms. The van der Waals surface area contributed by atoms with E-state index in [2.05, 4.69) is 0 Å². The number of benzene rings is 3. The number of allylic oxidation sites excluding steroid dienone is 4. The molecule has 0 radical (unpaired) electrons. The molecule has 3 aromatic carbocycles. The van der Waals surface area contributed by atoms with Gasteiger partial charge in [-0.15, -0.1) is 0 Å². The lowest BCUT2D eigenvalue weighted by atomic mass is 9.80. The minimum Gasteiger partial charge on any atom is -0.388 e. The van der Waals surface area contributed by atoms with Crippen molar-refractivity contribution in [3.8, 4) is 11.1 Å². The van der Waals surface area contributed by atoms with Gasteiger partial charge in [0.15, 0.2) is 34.9 Å². The summed E-state index contributed by atoms with van der Waals surface area (Å²) >= 11 is 0. The zero-order valence-electron chi connectivity index (χ0n) is 22.5. The van der Waals surface area contributed by atoms with Crippen molar-refractivity contribution >= 4 is 0 Å². The van der Waals surface area contributed by atoms with Gasteiger partial charge in [0.2, 0.25) is 0 Å². The fourth-order valence-electron chi connectivity index (χ4n) is 5.34. The van der Waals surface area contributed by atoms with E-state index < -0.39 is 64.0 Å². The largest absolute Gasteiger partial charge is 0.388 e. The van der Waals surface area contributed by atoms with Crippen molar-refractivity contribution in [2.24, 2.45) is 0 Å². The Bertz CT molecular complexity index is 1430. The Kier molecular flexibility index (Phi) is 9.56. The average molecular weight is 559 g/mol. The lowest BCUT2D eigenvalue weighted by Gasteiger charge is -2.25. The van der Waals surface area contributed by atoms with Gasteiger partial charge in [0.05, 0.1) is 6.10 Å². The summed E-state index contributed by atoms with van der Waals surface area (Å²) in [6, 6.07) is 8.02. The molecule has 0 aromatic heterocycles. The highest BCUT2D eigenvalue weighted by atomic mass is 19.2. The summed E-state index contributed by atoms with van der Waals surface area (Å²) in [5.74, 6) is -7.84. The molecule has 3 aromatic rings. The molecule has 212 valence electrons. The average Bonchev–Trinajstić information content (AvgIpc) is 2.95. The Hall–Kier alpha value is -3.32. The van der Waals surface area contributed by atoms with Crippen molar-refractivity contribution in [3.63, 3.8) is 0 Å². The van der Waals surface area contributed by atoms with Gasteiger partial charge in [-0.3, -0.25) is 0 Å². The second-order valence-corrected chi connectivity index (χ2v) is 10.2. The first-order valence-electron chi connectivity index (χ1n) is 13.6. The minimum absolute atomic E-state index is 0.0396. The molecule has 4 rings (SSSR count). The van der Waals surface area contributed by atoms with Gasteiger partial charge in [-0.25, -0.2) is 26.3 Å². The van der Waals surface area contributed by atoms with Gasteiger partial charge in [0.25, 0.3) is 0 Å². The molecule has 0 saturated heterocycles. The van der Waals surface area contributed by atoms with Crippen molar-refractivity contribution in [2.45, 2.75) is 70.3 Å². The molecule has 0 spiro atoms. The molecule has 0 fully saturated rings. The third-order valence-electron chi connectivity index (χ3n) is 7.61. The minimum atomic E-state index is -1.36. The first kappa shape index (κ1) is 29.7. The number of aliphatic hydroxyl groups excluding tert-OH is 1. The van der Waals surface area contributed by atoms with Gasteiger partial charge in [0.1, 0.15) is 0 Å². The maximum atomic E-state index is 15.2. The lowest BCUT2D eigenvalue weighted by Crippen LogP contribution is -2.11. The van der Waals surface area contributed by atoms with Crippen LogP contribution in [0.15, 0.2) is 60.7 Å². The molecule has 1 nitrogen and oxygen atoms in total. The first-order chi connectivity index (χ1) is 19.2. The Morgan fingerprint density at radius 1 is 0.750 bits per heavy atom. The SMILES string of the molecule is C/C=C/CCc1ccc(C2C=CC(c3ccc(-c4ccc(C(O)CCC)c(F)c4F)c(F)c3F)CC2)c(F)c1F. The summed E-state index contributed by atoms with van der Waals surface area (Å²) in [4.78, 5) is 0. The van der Waals surface area contributed by atoms with Crippen LogP contribution >= 0.6 is 0 Å². The van der Waals surface area contributed by atoms with Crippen LogP contribution in [0, 0.1) is 34.9 Å². The van der Waals surface area contributed by atoms with Crippen LogP contribution in [0.25, 0.3) is 11.1 Å². The summed E-state index contributed by atoms with van der Waals surface area (Å²) in [5, 5.41) is 10.0. The molecule has 1 N–H and O–H groups in total. The molecule has 0 amide bonds. The van der Waals surface area contributed by atoms with Crippen molar-refractivity contribution in [3.05, 3.63) is 118 Å². The molecule has 0 aliphatic heterocycles. The predicted octanol–water partition coefficient (Wildman–Crippen LogP) is 9.75. The van der Waals surface area contributed by atoms with E-state index in [1.165, 1.54) is 18.2 Å². The Balaban J connectivity index is 1.56. The third kappa shape index (κ3) is 5.90. The fraction of sp³-hybridized carbons (Fsp3) is 0.333. The molecule has 0 saturated carbocycles. The van der Waals surface area contributed by atoms with Crippen LogP contribution in [-0.2, 0) is 6.42 Å². The van der Waals surface area contributed by atoms with E-state index in [1.807, 2.05) is 19.1 Å². The van der Waals surface area contributed by atoms with E-state index in [0.717, 1.165) is 6.07 Å². The highest BCUT2D eigenvalue weighted by molar-refractivity contribution is 5.66. The van der Waals surface area contributed by atoms with Gasteiger partial charge in [-0.2, -0.15) is 0 Å². The Morgan fingerprint density at radius 3 is 1.88 bits per heavy atom. The molecule has 7 heteroatoms. The molecule has 3 atom stereocenters. The lowest BCUT2D eigenvalue weighted by molar-refractivity contribution is 0.160. The van der Waals surface area contributed by atoms with Gasteiger partial charge >= 0.3 is 0 Å². The van der Waals surface area contributed by atoms with Crippen LogP contribution in [-0.4, -0.2) is 5.11 Å². The van der Waals surface area contributed by atoms with E-state index in [9.17, 15) is 22.7 Å². The number of aliphatic hydroxyl groups is 1. The highest BCUT2D eigenvalue weighted by Crippen LogP contribution is 2.40. The number of halogens is 6. The van der Waals surface area contributed by atoms with Crippen molar-refractivity contribution < 1.29 is 31.4 Å². The number of hydrogen-bond donors (Lipinski definition) is 1. The Morgan fingerprint density at radius 2 is 1.30 bits per heavy atom. The summed E-state index contributed by atoms with van der Waals surface area (Å²) in [7, 11) is 0. The Labute approximate surface area is 230 Å². The smallest absolute Gasteiger partial charge is 0.167 e. The van der Waals surface area contributed by atoms with Crippen LogP contribution < -0.4 is 0 Å². The van der Waals surface area contributed by atoms with Crippen molar-refractivity contribution in [1.82, 2.24) is 0 Å². The van der Waals surface area contributed by atoms with Crippen LogP contribution in [0.4, 0.5) is 26.3 Å². The van der Waals surface area contributed by atoms with Gasteiger partial charge in [-0.1, -0.05) is 74.0 Å². The van der Waals surface area contributed by atoms with Crippen molar-refractivity contribution in [1.29, 1.82) is 0 Å². The molecule has 1 aliphatic carbocycles. The van der Waals surface area contributed by atoms with Gasteiger partial charge in [-0.05, 0) is 55.7 Å². The summed E-state index contributed by atoms with van der Waals surface area (Å²) < 4.78 is 89.3. The number of rotatable bonds is 9. The topological polar surface area (TPSA) is 20.2 Å². The van der Waals surface area contributed by atoms with Crippen LogP contribution in [0.2, 0.25) is 0 Å². The van der Waals surface area contributed by atoms with Crippen LogP contribution in [0.1, 0.15) is 86.1 Å². The van der Waals surface area contributed by atoms with Crippen molar-refractivity contribution in [2.75, 3.05) is 0 Å². The number of aryl methyl sites for hydroxylation is 1. The molecule has 0 bridgehead atoms. The summed E-state index contributed by atoms with van der Waals surface area (Å²) in [6.07, 6.45) is 8.37. The quantitative estimate of drug-likeness (QED) is 0.205. The second kappa shape index (κ2) is 12.9. The number of hydrogen-bond acceptors (Lipinski definition) is 1. The standard InChI is InChI=1S/C33H32F6O/c1-3-5-6-8-21-13-14-22(29(35)28(21)34)19-9-11-20(12-10-19)23-15-16-24(31(37)30(23)36)25-17-18-26(27(40)7-4-2)33(39)32(25)38/h3,5,9,11,13-20,27,40H,4,6-8,10,12H2,1-2H3/b5-3+. The molecule has 1 aliphatic rings. The van der Waals surface area contributed by atoms with E-state index in [0.29, 0.717) is 37.7 Å². The van der Waals surface area contributed by atoms with E-state index in [4.69, 9.17) is 0 Å². The first-order valence-corrected chi connectivity index (χ1v) is 13.6. The van der Waals surface area contributed by atoms with E-state index in [-0.39, 0.29) is 23.1 Å². The monoisotopic (exact) mass is 558 g/mol. The van der Waals surface area contributed by atoms with Gasteiger partial charge in [0, 0.05) is 28.5 Å². The normalized spacial score (nSPS) is 18.0. The maximum Gasteiger partial charge on any atom is 0.167 e. The second-order valence-electron chi connectivity index (χ2n) is 10.2. The predicted molar refractivity (Wildman–Crippen MR) is 145 cm³/mol. The fourth-order valence-corrected chi connectivity index (χ4v) is 5.34. The third-order valence-corrected chi connectivity index (χ3v) is 7.61. The zero-order chi connectivity index (χ0) is 29.0. The van der Waals surface area contributed by atoms with E-state index in [1.54, 1.807) is 31.2 Å². The van der Waals surface area contributed by atoms with Gasteiger partial charge < -0.3 is 5.11 Å². The molecule has 0 heterocycles. The zero-order valence-corrected chi connectivity index (χ0v) is 22.5. The maximum absolute atomic E-state index is 15.2. The summed E-state index contributed by atoms with van der Waals surface area (Å²) in [5.41, 5.74) is -0.552. The van der Waals surface area contributed by atoms with E-state index >= 15 is 8.78 Å². The molecular formula is C33H32F6O.